The lowest BCUT2D eigenvalue weighted by Crippen LogP contribution is -2.31. The molecular weight excluding hydrogens is 542 g/mol. The molecular formula is C35H41N3O5. The van der Waals surface area contributed by atoms with Crippen LogP contribution in [0, 0.1) is 0 Å². The highest BCUT2D eigenvalue weighted by atomic mass is 16.5. The number of hydrogen-bond donors (Lipinski definition) is 1. The highest BCUT2D eigenvalue weighted by Crippen LogP contribution is 2.48. The molecule has 0 radical (unpaired) electrons. The van der Waals surface area contributed by atoms with Crippen molar-refractivity contribution in [1.82, 2.24) is 4.98 Å². The van der Waals surface area contributed by atoms with Gasteiger partial charge in [-0.15, -0.1) is 0 Å². The summed E-state index contributed by atoms with van der Waals surface area (Å²) in [6.45, 7) is 13.3. The van der Waals surface area contributed by atoms with Crippen molar-refractivity contribution in [3.63, 3.8) is 0 Å². The molecule has 226 valence electrons. The smallest absolute Gasteiger partial charge is 0.310 e. The number of aromatic nitrogens is 1. The molecule has 2 aliphatic rings. The van der Waals surface area contributed by atoms with Crippen LogP contribution in [0.2, 0.25) is 0 Å². The standard InChI is InChI=1S/C35H41N3O5/c1-7-9-16-42-29(39)19-22-13-14-23(17-27(22)37-33(40)26-12-10-11-15-36-26)31-30-24(20-34(3,4)38-31)18-28(41-8-2)32-25(30)21-35(5,6)43-32/h10-15,17-18H,7-9,16,19-21H2,1-6H3,(H,37,40). The van der Waals surface area contributed by atoms with Gasteiger partial charge in [0, 0.05) is 35.0 Å². The molecule has 0 aliphatic carbocycles. The molecule has 43 heavy (non-hydrogen) atoms. The first-order valence-corrected chi connectivity index (χ1v) is 15.1. The third-order valence-corrected chi connectivity index (χ3v) is 7.61. The predicted molar refractivity (Wildman–Crippen MR) is 168 cm³/mol. The largest absolute Gasteiger partial charge is 0.490 e. The van der Waals surface area contributed by atoms with E-state index in [1.807, 2.05) is 32.0 Å². The third kappa shape index (κ3) is 6.74. The van der Waals surface area contributed by atoms with Gasteiger partial charge in [0.25, 0.3) is 5.91 Å². The van der Waals surface area contributed by atoms with E-state index in [1.54, 1.807) is 24.4 Å². The van der Waals surface area contributed by atoms with Gasteiger partial charge in [0.1, 0.15) is 11.3 Å². The maximum atomic E-state index is 13.2. The number of nitrogens with one attached hydrogen (secondary N) is 1. The van der Waals surface area contributed by atoms with E-state index in [2.05, 4.69) is 44.1 Å². The zero-order chi connectivity index (χ0) is 30.8. The van der Waals surface area contributed by atoms with Crippen LogP contribution in [-0.4, -0.2) is 46.9 Å². The van der Waals surface area contributed by atoms with Crippen LogP contribution in [0.3, 0.4) is 0 Å². The number of fused-ring (bicyclic) bond motifs is 3. The minimum atomic E-state index is -0.384. The molecule has 2 aliphatic heterocycles. The van der Waals surface area contributed by atoms with Gasteiger partial charge in [-0.1, -0.05) is 31.5 Å². The summed E-state index contributed by atoms with van der Waals surface area (Å²) in [6.07, 6.45) is 4.82. The summed E-state index contributed by atoms with van der Waals surface area (Å²) >= 11 is 0. The van der Waals surface area contributed by atoms with Crippen LogP contribution in [0.1, 0.15) is 92.7 Å². The van der Waals surface area contributed by atoms with Gasteiger partial charge >= 0.3 is 5.97 Å². The Balaban J connectivity index is 1.60. The molecule has 1 amide bonds. The molecule has 8 nitrogen and oxygen atoms in total. The Morgan fingerprint density at radius 2 is 1.86 bits per heavy atom. The Labute approximate surface area is 253 Å². The van der Waals surface area contributed by atoms with Crippen LogP contribution >= 0.6 is 0 Å². The monoisotopic (exact) mass is 583 g/mol. The Bertz CT molecular complexity index is 1560. The maximum absolute atomic E-state index is 13.2. The Morgan fingerprint density at radius 1 is 1.05 bits per heavy atom. The number of amides is 1. The summed E-state index contributed by atoms with van der Waals surface area (Å²) in [4.78, 5) is 35.4. The van der Waals surface area contributed by atoms with Crippen molar-refractivity contribution in [2.75, 3.05) is 18.5 Å². The first kappa shape index (κ1) is 30.3. The summed E-state index contributed by atoms with van der Waals surface area (Å²) in [7, 11) is 0. The van der Waals surface area contributed by atoms with E-state index >= 15 is 0 Å². The molecule has 1 aromatic heterocycles. The molecule has 8 heteroatoms. The highest BCUT2D eigenvalue weighted by Gasteiger charge is 2.40. The molecule has 0 saturated carbocycles. The predicted octanol–water partition coefficient (Wildman–Crippen LogP) is 6.50. The minimum absolute atomic E-state index is 0.0333. The molecule has 3 heterocycles. The van der Waals surface area contributed by atoms with E-state index in [4.69, 9.17) is 19.2 Å². The number of rotatable bonds is 10. The van der Waals surface area contributed by atoms with Crippen molar-refractivity contribution in [2.24, 2.45) is 4.99 Å². The summed E-state index contributed by atoms with van der Waals surface area (Å²) < 4.78 is 17.9. The first-order chi connectivity index (χ1) is 20.5. The van der Waals surface area contributed by atoms with Crippen LogP contribution < -0.4 is 14.8 Å². The number of nitrogens with zero attached hydrogens (tertiary/aromatic N) is 2. The second-order valence-corrected chi connectivity index (χ2v) is 12.4. The average Bonchev–Trinajstić information content (AvgIpc) is 3.29. The summed E-state index contributed by atoms with van der Waals surface area (Å²) in [5.74, 6) is 0.839. The highest BCUT2D eigenvalue weighted by molar-refractivity contribution is 6.17. The second kappa shape index (κ2) is 12.2. The SMILES string of the molecule is CCCCOC(=O)Cc1ccc(C2=NC(C)(C)Cc3cc(OCC)c4c(c32)CC(C)(C)O4)cc1NC(=O)c1ccccn1. The van der Waals surface area contributed by atoms with Crippen LogP contribution in [-0.2, 0) is 28.8 Å². The van der Waals surface area contributed by atoms with Gasteiger partial charge in [-0.3, -0.25) is 19.6 Å². The van der Waals surface area contributed by atoms with E-state index in [1.165, 1.54) is 0 Å². The normalized spacial score (nSPS) is 15.9. The van der Waals surface area contributed by atoms with Crippen molar-refractivity contribution in [2.45, 2.75) is 84.8 Å². The first-order valence-electron chi connectivity index (χ1n) is 15.1. The summed E-state index contributed by atoms with van der Waals surface area (Å²) in [5, 5.41) is 3.01. The number of pyridine rings is 1. The molecule has 0 spiro atoms. The lowest BCUT2D eigenvalue weighted by Gasteiger charge is -2.31. The van der Waals surface area contributed by atoms with E-state index in [-0.39, 0.29) is 35.1 Å². The van der Waals surface area contributed by atoms with Gasteiger partial charge in [0.15, 0.2) is 11.5 Å². The zero-order valence-corrected chi connectivity index (χ0v) is 26.0. The van der Waals surface area contributed by atoms with E-state index in [0.29, 0.717) is 24.5 Å². The molecule has 0 fully saturated rings. The molecule has 1 N–H and O–H groups in total. The third-order valence-electron chi connectivity index (χ3n) is 7.61. The van der Waals surface area contributed by atoms with Gasteiger partial charge in [-0.25, -0.2) is 0 Å². The number of aliphatic imine (C=N–C) groups is 1. The van der Waals surface area contributed by atoms with Crippen molar-refractivity contribution >= 4 is 23.3 Å². The maximum Gasteiger partial charge on any atom is 0.310 e. The molecule has 3 aromatic rings. The molecule has 0 unspecified atom stereocenters. The number of unbranched alkanes of at least 4 members (excludes halogenated alkanes) is 1. The van der Waals surface area contributed by atoms with Crippen LogP contribution in [0.4, 0.5) is 5.69 Å². The average molecular weight is 584 g/mol. The van der Waals surface area contributed by atoms with Crippen LogP contribution in [0.15, 0.2) is 53.7 Å². The van der Waals surface area contributed by atoms with Gasteiger partial charge in [0.2, 0.25) is 0 Å². The Hall–Kier alpha value is -4.20. The summed E-state index contributed by atoms with van der Waals surface area (Å²) in [5.41, 5.74) is 5.67. The number of esters is 1. The van der Waals surface area contributed by atoms with Crippen molar-refractivity contribution in [3.8, 4) is 11.5 Å². The number of anilines is 1. The van der Waals surface area contributed by atoms with Gasteiger partial charge in [-0.2, -0.15) is 0 Å². The van der Waals surface area contributed by atoms with Gasteiger partial charge in [-0.05, 0) is 82.9 Å². The fraction of sp³-hybridized carbons (Fsp3) is 0.429. The fourth-order valence-corrected chi connectivity index (χ4v) is 5.76. The fourth-order valence-electron chi connectivity index (χ4n) is 5.76. The van der Waals surface area contributed by atoms with Crippen molar-refractivity contribution in [3.05, 3.63) is 82.2 Å². The van der Waals surface area contributed by atoms with Crippen LogP contribution in [0.25, 0.3) is 0 Å². The molecule has 5 rings (SSSR count). The molecule has 0 saturated heterocycles. The summed E-state index contributed by atoms with van der Waals surface area (Å²) in [6, 6.07) is 13.0. The Kier molecular flexibility index (Phi) is 8.58. The lowest BCUT2D eigenvalue weighted by molar-refractivity contribution is -0.142. The Morgan fingerprint density at radius 3 is 2.58 bits per heavy atom. The number of carbonyl (C=O) groups is 2. The molecule has 2 aromatic carbocycles. The number of carbonyl (C=O) groups excluding carboxylic acids is 2. The minimum Gasteiger partial charge on any atom is -0.490 e. The van der Waals surface area contributed by atoms with Crippen molar-refractivity contribution < 1.29 is 23.8 Å². The number of benzene rings is 2. The van der Waals surface area contributed by atoms with E-state index in [0.717, 1.165) is 65.1 Å². The topological polar surface area (TPSA) is 99.1 Å². The molecule has 0 bridgehead atoms. The van der Waals surface area contributed by atoms with Gasteiger partial charge < -0.3 is 19.5 Å². The quantitative estimate of drug-likeness (QED) is 0.216. The zero-order valence-electron chi connectivity index (χ0n) is 26.0. The number of ether oxygens (including phenoxy) is 3. The van der Waals surface area contributed by atoms with E-state index in [9.17, 15) is 9.59 Å². The molecule has 0 atom stereocenters. The van der Waals surface area contributed by atoms with E-state index < -0.39 is 0 Å². The van der Waals surface area contributed by atoms with Crippen molar-refractivity contribution in [1.29, 1.82) is 0 Å². The lowest BCUT2D eigenvalue weighted by atomic mass is 9.80. The van der Waals surface area contributed by atoms with Gasteiger partial charge in [0.05, 0.1) is 30.9 Å². The second-order valence-electron chi connectivity index (χ2n) is 12.4. The van der Waals surface area contributed by atoms with Crippen LogP contribution in [0.5, 0.6) is 11.5 Å². The number of hydrogen-bond acceptors (Lipinski definition) is 7.